The Morgan fingerprint density at radius 2 is 1.69 bits per heavy atom. The van der Waals surface area contributed by atoms with E-state index < -0.39 is 12.3 Å². The lowest BCUT2D eigenvalue weighted by Crippen LogP contribution is -2.31. The Morgan fingerprint density at radius 3 is 2.27 bits per heavy atom. The quantitative estimate of drug-likeness (QED) is 0.699. The standard InChI is InChI=1S/C19H20F3NO3/c20-19(21,22)26-17-9-6-15(7-10-17)13-23-16(8-11-18(24)25)12-14-4-2-1-3-5-14/h1-7,9-10,16,23H,8,11-13H2,(H,24,25). The van der Waals surface area contributed by atoms with Gasteiger partial charge in [0.1, 0.15) is 5.75 Å². The second-order valence-electron chi connectivity index (χ2n) is 5.89. The van der Waals surface area contributed by atoms with Crippen LogP contribution in [-0.4, -0.2) is 23.5 Å². The van der Waals surface area contributed by atoms with Gasteiger partial charge in [0, 0.05) is 19.0 Å². The number of benzene rings is 2. The lowest BCUT2D eigenvalue weighted by atomic mass is 10.0. The first-order valence-electron chi connectivity index (χ1n) is 8.15. The maximum atomic E-state index is 12.2. The van der Waals surface area contributed by atoms with Crippen LogP contribution in [0.1, 0.15) is 24.0 Å². The van der Waals surface area contributed by atoms with Crippen molar-refractivity contribution in [2.45, 2.75) is 38.2 Å². The average Bonchev–Trinajstić information content (AvgIpc) is 2.58. The molecule has 0 spiro atoms. The second-order valence-corrected chi connectivity index (χ2v) is 5.89. The molecule has 26 heavy (non-hydrogen) atoms. The van der Waals surface area contributed by atoms with E-state index >= 15 is 0 Å². The van der Waals surface area contributed by atoms with Gasteiger partial charge in [0.25, 0.3) is 0 Å². The normalized spacial score (nSPS) is 12.6. The Kier molecular flexibility index (Phi) is 7.03. The monoisotopic (exact) mass is 367 g/mol. The zero-order valence-electron chi connectivity index (χ0n) is 14.0. The van der Waals surface area contributed by atoms with Crippen LogP contribution >= 0.6 is 0 Å². The Labute approximate surface area is 149 Å². The van der Waals surface area contributed by atoms with Crippen LogP contribution in [0.25, 0.3) is 0 Å². The summed E-state index contributed by atoms with van der Waals surface area (Å²) in [6, 6.07) is 15.2. The van der Waals surface area contributed by atoms with Crippen molar-refractivity contribution in [3.63, 3.8) is 0 Å². The number of alkyl halides is 3. The minimum absolute atomic E-state index is 0.0445. The van der Waals surface area contributed by atoms with Crippen LogP contribution in [0.3, 0.4) is 0 Å². The van der Waals surface area contributed by atoms with E-state index in [-0.39, 0.29) is 18.2 Å². The van der Waals surface area contributed by atoms with Crippen LogP contribution < -0.4 is 10.1 Å². The minimum Gasteiger partial charge on any atom is -0.481 e. The SMILES string of the molecule is O=C(O)CCC(Cc1ccccc1)NCc1ccc(OC(F)(F)F)cc1. The molecular weight excluding hydrogens is 347 g/mol. The van der Waals surface area contributed by atoms with Gasteiger partial charge in [-0.25, -0.2) is 0 Å². The van der Waals surface area contributed by atoms with Gasteiger partial charge in [0.05, 0.1) is 0 Å². The molecular formula is C19H20F3NO3. The predicted octanol–water partition coefficient (Wildman–Crippen LogP) is 4.15. The molecule has 2 aromatic carbocycles. The highest BCUT2D eigenvalue weighted by Crippen LogP contribution is 2.22. The van der Waals surface area contributed by atoms with E-state index in [4.69, 9.17) is 5.11 Å². The Bertz CT molecular complexity index is 687. The van der Waals surface area contributed by atoms with Crippen LogP contribution in [0.5, 0.6) is 5.75 Å². The molecule has 0 aliphatic carbocycles. The van der Waals surface area contributed by atoms with Gasteiger partial charge in [-0.15, -0.1) is 13.2 Å². The summed E-state index contributed by atoms with van der Waals surface area (Å²) in [6.45, 7) is 0.420. The van der Waals surface area contributed by atoms with Crippen molar-refractivity contribution in [2.75, 3.05) is 0 Å². The maximum absolute atomic E-state index is 12.2. The van der Waals surface area contributed by atoms with Gasteiger partial charge < -0.3 is 15.2 Å². The van der Waals surface area contributed by atoms with Gasteiger partial charge in [-0.05, 0) is 36.1 Å². The number of carboxylic acids is 1. The smallest absolute Gasteiger partial charge is 0.481 e. The van der Waals surface area contributed by atoms with Crippen LogP contribution in [0.2, 0.25) is 0 Å². The van der Waals surface area contributed by atoms with Crippen molar-refractivity contribution in [3.8, 4) is 5.75 Å². The summed E-state index contributed by atoms with van der Waals surface area (Å²) in [5.74, 6) is -1.13. The molecule has 4 nitrogen and oxygen atoms in total. The average molecular weight is 367 g/mol. The summed E-state index contributed by atoms with van der Waals surface area (Å²) in [5, 5.41) is 12.2. The van der Waals surface area contributed by atoms with Crippen LogP contribution in [0.15, 0.2) is 54.6 Å². The second kappa shape index (κ2) is 9.24. The maximum Gasteiger partial charge on any atom is 0.573 e. The zero-order valence-corrected chi connectivity index (χ0v) is 14.0. The summed E-state index contributed by atoms with van der Waals surface area (Å²) >= 11 is 0. The summed E-state index contributed by atoms with van der Waals surface area (Å²) in [6.07, 6.45) is -3.54. The van der Waals surface area contributed by atoms with Gasteiger partial charge in [-0.3, -0.25) is 4.79 Å². The van der Waals surface area contributed by atoms with E-state index in [9.17, 15) is 18.0 Å². The molecule has 0 aliphatic rings. The van der Waals surface area contributed by atoms with Crippen molar-refractivity contribution >= 4 is 5.97 Å². The van der Waals surface area contributed by atoms with Crippen molar-refractivity contribution in [2.24, 2.45) is 0 Å². The molecule has 0 heterocycles. The van der Waals surface area contributed by atoms with Crippen LogP contribution in [-0.2, 0) is 17.8 Å². The summed E-state index contributed by atoms with van der Waals surface area (Å²) < 4.78 is 40.4. The topological polar surface area (TPSA) is 58.6 Å². The number of aliphatic carboxylic acids is 1. The Morgan fingerprint density at radius 1 is 1.04 bits per heavy atom. The van der Waals surface area contributed by atoms with E-state index in [1.807, 2.05) is 30.3 Å². The largest absolute Gasteiger partial charge is 0.573 e. The molecule has 2 aromatic rings. The van der Waals surface area contributed by atoms with Crippen molar-refractivity contribution in [1.29, 1.82) is 0 Å². The molecule has 0 aromatic heterocycles. The highest BCUT2D eigenvalue weighted by molar-refractivity contribution is 5.66. The number of hydrogen-bond acceptors (Lipinski definition) is 3. The minimum atomic E-state index is -4.71. The van der Waals surface area contributed by atoms with Gasteiger partial charge in [0.15, 0.2) is 0 Å². The van der Waals surface area contributed by atoms with E-state index in [0.29, 0.717) is 19.4 Å². The first-order chi connectivity index (χ1) is 12.3. The van der Waals surface area contributed by atoms with Gasteiger partial charge in [0.2, 0.25) is 0 Å². The first-order valence-corrected chi connectivity index (χ1v) is 8.15. The number of carbonyl (C=O) groups is 1. The summed E-state index contributed by atoms with van der Waals surface area (Å²) in [5.41, 5.74) is 1.87. The molecule has 0 fully saturated rings. The molecule has 140 valence electrons. The number of hydrogen-bond donors (Lipinski definition) is 2. The molecule has 7 heteroatoms. The van der Waals surface area contributed by atoms with E-state index in [1.165, 1.54) is 12.1 Å². The number of ether oxygens (including phenoxy) is 1. The zero-order chi connectivity index (χ0) is 19.0. The van der Waals surface area contributed by atoms with Gasteiger partial charge >= 0.3 is 12.3 Å². The number of nitrogens with one attached hydrogen (secondary N) is 1. The third-order valence-electron chi connectivity index (χ3n) is 3.78. The molecule has 0 amide bonds. The Balaban J connectivity index is 1.93. The fourth-order valence-electron chi connectivity index (χ4n) is 2.54. The van der Waals surface area contributed by atoms with E-state index in [2.05, 4.69) is 10.1 Å². The first kappa shape index (κ1) is 19.8. The fraction of sp³-hybridized carbons (Fsp3) is 0.316. The molecule has 2 N–H and O–H groups in total. The lowest BCUT2D eigenvalue weighted by molar-refractivity contribution is -0.274. The molecule has 1 atom stereocenters. The molecule has 0 saturated carbocycles. The van der Waals surface area contributed by atoms with Crippen molar-refractivity contribution in [3.05, 3.63) is 65.7 Å². The predicted molar refractivity (Wildman–Crippen MR) is 90.8 cm³/mol. The number of halogens is 3. The third kappa shape index (κ3) is 7.57. The van der Waals surface area contributed by atoms with Crippen molar-refractivity contribution in [1.82, 2.24) is 5.32 Å². The lowest BCUT2D eigenvalue weighted by Gasteiger charge is -2.18. The highest BCUT2D eigenvalue weighted by atomic mass is 19.4. The highest BCUT2D eigenvalue weighted by Gasteiger charge is 2.30. The molecule has 0 aliphatic heterocycles. The van der Waals surface area contributed by atoms with Crippen LogP contribution in [0, 0.1) is 0 Å². The molecule has 1 unspecified atom stereocenters. The Hall–Kier alpha value is -2.54. The van der Waals surface area contributed by atoms with Gasteiger partial charge in [-0.2, -0.15) is 0 Å². The number of carboxylic acid groups (broad SMARTS) is 1. The summed E-state index contributed by atoms with van der Waals surface area (Å²) in [7, 11) is 0. The van der Waals surface area contributed by atoms with Crippen molar-refractivity contribution < 1.29 is 27.8 Å². The van der Waals surface area contributed by atoms with Crippen LogP contribution in [0.4, 0.5) is 13.2 Å². The fourth-order valence-corrected chi connectivity index (χ4v) is 2.54. The summed E-state index contributed by atoms with van der Waals surface area (Å²) in [4.78, 5) is 10.8. The molecule has 0 bridgehead atoms. The van der Waals surface area contributed by atoms with E-state index in [0.717, 1.165) is 11.1 Å². The van der Waals surface area contributed by atoms with E-state index in [1.54, 1.807) is 12.1 Å². The molecule has 0 saturated heterocycles. The number of rotatable bonds is 9. The third-order valence-corrected chi connectivity index (χ3v) is 3.78. The van der Waals surface area contributed by atoms with Gasteiger partial charge in [-0.1, -0.05) is 42.5 Å². The molecule has 0 radical (unpaired) electrons. The molecule has 2 rings (SSSR count).